The van der Waals surface area contributed by atoms with Gasteiger partial charge in [0.1, 0.15) is 6.17 Å². The number of hydrogen-bond acceptors (Lipinski definition) is 1. The standard InChI is InChI=1S/C10H12F3N/c1-2-7(11)6-14-9-5-3-4-8(12)10(9)13/h3-5,7,14H,2,6H2,1H3. The molecule has 78 valence electrons. The number of hydrogen-bond donors (Lipinski definition) is 1. The van der Waals surface area contributed by atoms with Crippen molar-refractivity contribution in [1.82, 2.24) is 0 Å². The molecule has 14 heavy (non-hydrogen) atoms. The van der Waals surface area contributed by atoms with E-state index in [1.807, 2.05) is 0 Å². The maximum Gasteiger partial charge on any atom is 0.181 e. The maximum absolute atomic E-state index is 13.0. The minimum atomic E-state index is -1.04. The molecule has 0 heterocycles. The lowest BCUT2D eigenvalue weighted by Gasteiger charge is -2.09. The Labute approximate surface area is 80.9 Å². The van der Waals surface area contributed by atoms with Crippen molar-refractivity contribution in [1.29, 1.82) is 0 Å². The van der Waals surface area contributed by atoms with Gasteiger partial charge in [0.25, 0.3) is 0 Å². The summed E-state index contributed by atoms with van der Waals surface area (Å²) >= 11 is 0. The topological polar surface area (TPSA) is 12.0 Å². The summed E-state index contributed by atoms with van der Waals surface area (Å²) in [4.78, 5) is 0. The van der Waals surface area contributed by atoms with Gasteiger partial charge >= 0.3 is 0 Å². The minimum absolute atomic E-state index is 0.00102. The van der Waals surface area contributed by atoms with E-state index >= 15 is 0 Å². The second-order valence-corrected chi connectivity index (χ2v) is 2.99. The van der Waals surface area contributed by atoms with Crippen molar-refractivity contribution in [3.8, 4) is 0 Å². The van der Waals surface area contributed by atoms with Crippen LogP contribution in [0.15, 0.2) is 18.2 Å². The second-order valence-electron chi connectivity index (χ2n) is 2.99. The van der Waals surface area contributed by atoms with Crippen LogP contribution >= 0.6 is 0 Å². The molecule has 0 amide bonds. The number of alkyl halides is 1. The lowest BCUT2D eigenvalue weighted by atomic mass is 10.2. The number of benzene rings is 1. The maximum atomic E-state index is 13.0. The molecule has 0 bridgehead atoms. The first-order valence-corrected chi connectivity index (χ1v) is 4.47. The van der Waals surface area contributed by atoms with Gasteiger partial charge in [0.05, 0.1) is 5.69 Å². The zero-order chi connectivity index (χ0) is 10.6. The summed E-state index contributed by atoms with van der Waals surface area (Å²) in [7, 11) is 0. The van der Waals surface area contributed by atoms with Crippen LogP contribution in [0.2, 0.25) is 0 Å². The molecule has 1 atom stereocenters. The van der Waals surface area contributed by atoms with E-state index < -0.39 is 17.8 Å². The lowest BCUT2D eigenvalue weighted by Crippen LogP contribution is -2.15. The van der Waals surface area contributed by atoms with Crippen molar-refractivity contribution >= 4 is 5.69 Å². The highest BCUT2D eigenvalue weighted by Gasteiger charge is 2.08. The molecule has 1 unspecified atom stereocenters. The molecule has 0 spiro atoms. The molecule has 1 N–H and O–H groups in total. The predicted octanol–water partition coefficient (Wildman–Crippen LogP) is 3.12. The molecule has 1 nitrogen and oxygen atoms in total. The van der Waals surface area contributed by atoms with Crippen LogP contribution in [-0.2, 0) is 0 Å². The second kappa shape index (κ2) is 4.88. The van der Waals surface area contributed by atoms with E-state index in [4.69, 9.17) is 0 Å². The van der Waals surface area contributed by atoms with Gasteiger partial charge in [0.2, 0.25) is 0 Å². The van der Waals surface area contributed by atoms with E-state index in [0.29, 0.717) is 6.42 Å². The van der Waals surface area contributed by atoms with Crippen molar-refractivity contribution in [3.05, 3.63) is 29.8 Å². The van der Waals surface area contributed by atoms with E-state index in [0.717, 1.165) is 6.07 Å². The molecule has 0 fully saturated rings. The lowest BCUT2D eigenvalue weighted by molar-refractivity contribution is 0.340. The Morgan fingerprint density at radius 1 is 1.36 bits per heavy atom. The van der Waals surface area contributed by atoms with Gasteiger partial charge in [0.15, 0.2) is 11.6 Å². The van der Waals surface area contributed by atoms with Gasteiger partial charge in [-0.25, -0.2) is 13.2 Å². The first-order valence-electron chi connectivity index (χ1n) is 4.47. The number of rotatable bonds is 4. The third-order valence-corrected chi connectivity index (χ3v) is 1.91. The summed E-state index contributed by atoms with van der Waals surface area (Å²) in [5.74, 6) is -1.89. The van der Waals surface area contributed by atoms with Crippen LogP contribution in [0.4, 0.5) is 18.9 Å². The van der Waals surface area contributed by atoms with Crippen LogP contribution in [0.25, 0.3) is 0 Å². The van der Waals surface area contributed by atoms with Crippen LogP contribution < -0.4 is 5.32 Å². The van der Waals surface area contributed by atoms with Gasteiger partial charge in [-0.05, 0) is 18.6 Å². The van der Waals surface area contributed by atoms with Crippen LogP contribution in [0, 0.1) is 11.6 Å². The summed E-state index contributed by atoms with van der Waals surface area (Å²) in [6, 6.07) is 3.77. The van der Waals surface area contributed by atoms with Gasteiger partial charge < -0.3 is 5.32 Å². The van der Waals surface area contributed by atoms with Crippen molar-refractivity contribution in [2.45, 2.75) is 19.5 Å². The monoisotopic (exact) mass is 203 g/mol. The molecule has 0 aliphatic carbocycles. The Bertz CT molecular complexity index is 301. The minimum Gasteiger partial charge on any atom is -0.380 e. The summed E-state index contributed by atoms with van der Waals surface area (Å²) in [6.45, 7) is 1.69. The highest BCUT2D eigenvalue weighted by Crippen LogP contribution is 2.16. The third kappa shape index (κ3) is 2.65. The van der Waals surface area contributed by atoms with Crippen molar-refractivity contribution in [2.75, 3.05) is 11.9 Å². The zero-order valence-electron chi connectivity index (χ0n) is 7.86. The molecule has 0 saturated carbocycles. The Morgan fingerprint density at radius 3 is 2.71 bits per heavy atom. The highest BCUT2D eigenvalue weighted by molar-refractivity contribution is 5.44. The fourth-order valence-corrected chi connectivity index (χ4v) is 1.01. The Hall–Kier alpha value is -1.19. The summed E-state index contributed by atoms with van der Waals surface area (Å²) in [5.41, 5.74) is 0.00102. The molecular weight excluding hydrogens is 191 g/mol. The Balaban J connectivity index is 2.63. The fourth-order valence-electron chi connectivity index (χ4n) is 1.01. The van der Waals surface area contributed by atoms with Gasteiger partial charge in [-0.1, -0.05) is 13.0 Å². The van der Waals surface area contributed by atoms with Crippen LogP contribution in [0.1, 0.15) is 13.3 Å². The van der Waals surface area contributed by atoms with Crippen LogP contribution in [0.5, 0.6) is 0 Å². The SMILES string of the molecule is CCC(F)CNc1cccc(F)c1F. The average Bonchev–Trinajstić information content (AvgIpc) is 2.20. The van der Waals surface area contributed by atoms with Gasteiger partial charge in [0, 0.05) is 6.54 Å². The summed E-state index contributed by atoms with van der Waals surface area (Å²) < 4.78 is 38.4. The highest BCUT2D eigenvalue weighted by atomic mass is 19.2. The molecule has 0 radical (unpaired) electrons. The number of halogens is 3. The fraction of sp³-hybridized carbons (Fsp3) is 0.400. The average molecular weight is 203 g/mol. The molecule has 0 aromatic heterocycles. The molecule has 0 saturated heterocycles. The van der Waals surface area contributed by atoms with Crippen LogP contribution in [-0.4, -0.2) is 12.7 Å². The molecular formula is C10H12F3N. The predicted molar refractivity (Wildman–Crippen MR) is 50.0 cm³/mol. The van der Waals surface area contributed by atoms with Crippen molar-refractivity contribution in [2.24, 2.45) is 0 Å². The molecule has 0 aliphatic heterocycles. The smallest absolute Gasteiger partial charge is 0.181 e. The van der Waals surface area contributed by atoms with Crippen molar-refractivity contribution < 1.29 is 13.2 Å². The zero-order valence-corrected chi connectivity index (χ0v) is 7.86. The Kier molecular flexibility index (Phi) is 3.80. The van der Waals surface area contributed by atoms with E-state index in [1.54, 1.807) is 6.92 Å². The molecule has 1 aromatic rings. The van der Waals surface area contributed by atoms with E-state index in [-0.39, 0.29) is 12.2 Å². The quantitative estimate of drug-likeness (QED) is 0.792. The molecule has 1 aromatic carbocycles. The number of nitrogens with one attached hydrogen (secondary N) is 1. The van der Waals surface area contributed by atoms with Crippen LogP contribution in [0.3, 0.4) is 0 Å². The molecule has 1 rings (SSSR count). The third-order valence-electron chi connectivity index (χ3n) is 1.91. The van der Waals surface area contributed by atoms with E-state index in [9.17, 15) is 13.2 Å². The Morgan fingerprint density at radius 2 is 2.07 bits per heavy atom. The van der Waals surface area contributed by atoms with Gasteiger partial charge in [-0.2, -0.15) is 0 Å². The van der Waals surface area contributed by atoms with Gasteiger partial charge in [-0.15, -0.1) is 0 Å². The first kappa shape index (κ1) is 10.9. The normalized spacial score (nSPS) is 12.6. The molecule has 0 aliphatic rings. The summed E-state index contributed by atoms with van der Waals surface area (Å²) in [5, 5.41) is 2.51. The van der Waals surface area contributed by atoms with Crippen molar-refractivity contribution in [3.63, 3.8) is 0 Å². The number of anilines is 1. The summed E-state index contributed by atoms with van der Waals surface area (Å²) in [6.07, 6.45) is -0.693. The molecule has 4 heteroatoms. The first-order chi connectivity index (χ1) is 6.65. The van der Waals surface area contributed by atoms with E-state index in [1.165, 1.54) is 12.1 Å². The van der Waals surface area contributed by atoms with Gasteiger partial charge in [-0.3, -0.25) is 0 Å². The van der Waals surface area contributed by atoms with E-state index in [2.05, 4.69) is 5.32 Å². The largest absolute Gasteiger partial charge is 0.380 e.